The molecule has 7 nitrogen and oxygen atoms in total. The summed E-state index contributed by atoms with van der Waals surface area (Å²) in [6.07, 6.45) is 0. The molecule has 0 fully saturated rings. The van der Waals surface area contributed by atoms with Gasteiger partial charge in [-0.3, -0.25) is 4.79 Å². The molecule has 0 saturated heterocycles. The lowest BCUT2D eigenvalue weighted by atomic mass is 10.1. The first-order valence-electron chi connectivity index (χ1n) is 7.73. The number of benzene rings is 2. The minimum atomic E-state index is -3.83. The lowest BCUT2D eigenvalue weighted by Crippen LogP contribution is -2.23. The topological polar surface area (TPSA) is 90.0 Å². The molecule has 0 spiro atoms. The number of ether oxygens (including phenoxy) is 2. The van der Waals surface area contributed by atoms with E-state index in [1.807, 2.05) is 0 Å². The number of halogens is 1. The zero-order chi connectivity index (χ0) is 20.2. The predicted molar refractivity (Wildman–Crippen MR) is 99.9 cm³/mol. The van der Waals surface area contributed by atoms with Crippen LogP contribution in [0, 0.1) is 0 Å². The van der Waals surface area contributed by atoms with Gasteiger partial charge in [0.15, 0.2) is 12.4 Å². The molecular weight excluding hydrogens is 394 g/mol. The Morgan fingerprint density at radius 1 is 1.04 bits per heavy atom. The van der Waals surface area contributed by atoms with E-state index in [0.29, 0.717) is 10.6 Å². The Hall–Kier alpha value is -2.42. The van der Waals surface area contributed by atoms with Gasteiger partial charge in [0, 0.05) is 24.7 Å². The maximum Gasteiger partial charge on any atom is 0.338 e. The number of ketones is 1. The summed E-state index contributed by atoms with van der Waals surface area (Å²) in [5.74, 6) is -1.14. The van der Waals surface area contributed by atoms with Crippen molar-refractivity contribution in [2.24, 2.45) is 0 Å². The van der Waals surface area contributed by atoms with E-state index in [-0.39, 0.29) is 16.2 Å². The first-order chi connectivity index (χ1) is 12.7. The maximum absolute atomic E-state index is 12.4. The fourth-order valence-electron chi connectivity index (χ4n) is 2.14. The maximum atomic E-state index is 12.4. The monoisotopic (exact) mass is 411 g/mol. The van der Waals surface area contributed by atoms with Gasteiger partial charge in [0.05, 0.1) is 12.7 Å². The van der Waals surface area contributed by atoms with Crippen LogP contribution in [0.1, 0.15) is 20.7 Å². The molecule has 0 heterocycles. The fraction of sp³-hybridized carbons (Fsp3) is 0.222. The normalized spacial score (nSPS) is 11.3. The number of hydrogen-bond donors (Lipinski definition) is 0. The number of sulfonamides is 1. The Morgan fingerprint density at radius 3 is 2.19 bits per heavy atom. The highest BCUT2D eigenvalue weighted by molar-refractivity contribution is 7.89. The van der Waals surface area contributed by atoms with Crippen LogP contribution in [-0.4, -0.2) is 52.3 Å². The minimum absolute atomic E-state index is 0.0138. The summed E-state index contributed by atoms with van der Waals surface area (Å²) in [4.78, 5) is 24.1. The number of methoxy groups -OCH3 is 1. The molecule has 0 bridgehead atoms. The van der Waals surface area contributed by atoms with Gasteiger partial charge in [-0.1, -0.05) is 11.6 Å². The predicted octanol–water partition coefficient (Wildman–Crippen LogP) is 2.64. The first-order valence-corrected chi connectivity index (χ1v) is 9.55. The second-order valence-corrected chi connectivity index (χ2v) is 8.22. The number of rotatable bonds is 7. The molecule has 2 aromatic carbocycles. The molecular formula is C18H18ClNO6S. The summed E-state index contributed by atoms with van der Waals surface area (Å²) >= 11 is 5.76. The van der Waals surface area contributed by atoms with Gasteiger partial charge < -0.3 is 9.47 Å². The smallest absolute Gasteiger partial charge is 0.338 e. The summed E-state index contributed by atoms with van der Waals surface area (Å²) in [5.41, 5.74) is 0.331. The van der Waals surface area contributed by atoms with Crippen molar-refractivity contribution in [3.05, 3.63) is 58.6 Å². The summed E-state index contributed by atoms with van der Waals surface area (Å²) in [5, 5.41) is 0.483. The Labute approximate surface area is 162 Å². The molecule has 0 saturated carbocycles. The molecule has 0 aliphatic rings. The van der Waals surface area contributed by atoms with E-state index in [4.69, 9.17) is 21.1 Å². The second-order valence-electron chi connectivity index (χ2n) is 5.66. The lowest BCUT2D eigenvalue weighted by molar-refractivity contribution is 0.0474. The summed E-state index contributed by atoms with van der Waals surface area (Å²) in [6, 6.07) is 10.0. The van der Waals surface area contributed by atoms with Gasteiger partial charge in [0.25, 0.3) is 0 Å². The van der Waals surface area contributed by atoms with Gasteiger partial charge in [-0.15, -0.1) is 0 Å². The number of carbonyl (C=O) groups excluding carboxylic acids is 2. The molecule has 27 heavy (non-hydrogen) atoms. The second kappa shape index (κ2) is 8.51. The molecule has 9 heteroatoms. The number of esters is 1. The number of Topliss-reactive ketones (excluding diaryl/α,β-unsaturated/α-hetero) is 1. The van der Waals surface area contributed by atoms with Crippen LogP contribution in [0.2, 0.25) is 5.02 Å². The number of hydrogen-bond acceptors (Lipinski definition) is 6. The van der Waals surface area contributed by atoms with Gasteiger partial charge in [-0.05, 0) is 42.5 Å². The lowest BCUT2D eigenvalue weighted by Gasteiger charge is -2.15. The van der Waals surface area contributed by atoms with Crippen molar-refractivity contribution in [1.29, 1.82) is 0 Å². The van der Waals surface area contributed by atoms with E-state index >= 15 is 0 Å². The van der Waals surface area contributed by atoms with Gasteiger partial charge in [0.2, 0.25) is 10.0 Å². The molecule has 144 valence electrons. The molecule has 0 radical (unpaired) electrons. The van der Waals surface area contributed by atoms with Crippen molar-refractivity contribution in [1.82, 2.24) is 4.31 Å². The van der Waals surface area contributed by atoms with Crippen LogP contribution in [0.25, 0.3) is 0 Å². The average molecular weight is 412 g/mol. The van der Waals surface area contributed by atoms with E-state index < -0.39 is 28.4 Å². The molecule has 2 rings (SSSR count). The van der Waals surface area contributed by atoms with Gasteiger partial charge in [0.1, 0.15) is 10.6 Å². The van der Waals surface area contributed by atoms with Crippen LogP contribution in [0.15, 0.2) is 47.4 Å². The number of carbonyl (C=O) groups is 2. The van der Waals surface area contributed by atoms with Crippen molar-refractivity contribution < 1.29 is 27.5 Å². The quantitative estimate of drug-likeness (QED) is 0.514. The van der Waals surface area contributed by atoms with E-state index in [1.54, 1.807) is 12.1 Å². The molecule has 0 unspecified atom stereocenters. The fourth-order valence-corrected chi connectivity index (χ4v) is 3.34. The highest BCUT2D eigenvalue weighted by Crippen LogP contribution is 2.27. The molecule has 0 amide bonds. The van der Waals surface area contributed by atoms with E-state index in [0.717, 1.165) is 10.4 Å². The van der Waals surface area contributed by atoms with Crippen LogP contribution in [0.3, 0.4) is 0 Å². The summed E-state index contributed by atoms with van der Waals surface area (Å²) in [6.45, 7) is -0.484. The van der Waals surface area contributed by atoms with Crippen molar-refractivity contribution in [3.63, 3.8) is 0 Å². The number of nitrogens with zero attached hydrogens (tertiary/aromatic N) is 1. The molecule has 0 aromatic heterocycles. The van der Waals surface area contributed by atoms with Crippen molar-refractivity contribution in [2.45, 2.75) is 4.90 Å². The Morgan fingerprint density at radius 2 is 1.63 bits per heavy atom. The van der Waals surface area contributed by atoms with E-state index in [9.17, 15) is 18.0 Å². The summed E-state index contributed by atoms with van der Waals surface area (Å²) < 4.78 is 35.9. The SMILES string of the molecule is COc1ccc(C(=O)OCC(=O)c2ccc(Cl)cc2)cc1S(=O)(=O)N(C)C. The van der Waals surface area contributed by atoms with E-state index in [1.165, 1.54) is 45.5 Å². The molecule has 0 N–H and O–H groups in total. The zero-order valence-corrected chi connectivity index (χ0v) is 16.5. The van der Waals surface area contributed by atoms with Crippen LogP contribution in [0.4, 0.5) is 0 Å². The van der Waals surface area contributed by atoms with Gasteiger partial charge >= 0.3 is 5.97 Å². The highest BCUT2D eigenvalue weighted by Gasteiger charge is 2.24. The Bertz CT molecular complexity index is 954. The van der Waals surface area contributed by atoms with Crippen molar-refractivity contribution in [2.75, 3.05) is 27.8 Å². The minimum Gasteiger partial charge on any atom is -0.495 e. The first kappa shape index (κ1) is 20.9. The Balaban J connectivity index is 2.19. The van der Waals surface area contributed by atoms with E-state index in [2.05, 4.69) is 0 Å². The molecule has 0 aliphatic heterocycles. The van der Waals surface area contributed by atoms with Crippen LogP contribution in [0.5, 0.6) is 5.75 Å². The molecule has 0 atom stereocenters. The Kier molecular flexibility index (Phi) is 6.59. The third-order valence-corrected chi connectivity index (χ3v) is 5.75. The van der Waals surface area contributed by atoms with Crippen LogP contribution >= 0.6 is 11.6 Å². The van der Waals surface area contributed by atoms with Gasteiger partial charge in [-0.25, -0.2) is 17.5 Å². The van der Waals surface area contributed by atoms with Gasteiger partial charge in [-0.2, -0.15) is 0 Å². The van der Waals surface area contributed by atoms with Crippen LogP contribution < -0.4 is 4.74 Å². The van der Waals surface area contributed by atoms with Crippen LogP contribution in [-0.2, 0) is 14.8 Å². The zero-order valence-electron chi connectivity index (χ0n) is 14.9. The highest BCUT2D eigenvalue weighted by atomic mass is 35.5. The average Bonchev–Trinajstić information content (AvgIpc) is 2.65. The molecule has 0 aliphatic carbocycles. The third kappa shape index (κ3) is 4.85. The summed E-state index contributed by atoms with van der Waals surface area (Å²) in [7, 11) is 0.225. The van der Waals surface area contributed by atoms with Crippen molar-refractivity contribution in [3.8, 4) is 5.75 Å². The third-order valence-electron chi connectivity index (χ3n) is 3.66. The standard InChI is InChI=1S/C18H18ClNO6S/c1-20(2)27(23,24)17-10-13(6-9-16(17)25-3)18(22)26-11-15(21)12-4-7-14(19)8-5-12/h4-10H,11H2,1-3H3. The van der Waals surface area contributed by atoms with Crippen molar-refractivity contribution >= 4 is 33.4 Å². The molecule has 2 aromatic rings. The largest absolute Gasteiger partial charge is 0.495 e.